The molecule has 2 heterocycles. The molecule has 0 saturated carbocycles. The summed E-state index contributed by atoms with van der Waals surface area (Å²) in [6.07, 6.45) is 4.36. The first kappa shape index (κ1) is 17.2. The van der Waals surface area contributed by atoms with Crippen molar-refractivity contribution in [3.05, 3.63) is 26.6 Å². The monoisotopic (exact) mass is 343 g/mol. The Balaban J connectivity index is 2.04. The Bertz CT molecular complexity index is 864. The van der Waals surface area contributed by atoms with E-state index in [4.69, 9.17) is 10.2 Å². The van der Waals surface area contributed by atoms with Gasteiger partial charge in [-0.1, -0.05) is 20.8 Å². The number of rotatable bonds is 3. The molecule has 4 nitrogen and oxygen atoms in total. The Morgan fingerprint density at radius 2 is 2.17 bits per heavy atom. The highest BCUT2D eigenvalue weighted by molar-refractivity contribution is 7.18. The Morgan fingerprint density at radius 3 is 2.83 bits per heavy atom. The molecule has 5 heteroatoms. The molecule has 1 aliphatic rings. The summed E-state index contributed by atoms with van der Waals surface area (Å²) in [6, 6.07) is 2.14. The van der Waals surface area contributed by atoms with Gasteiger partial charge in [-0.3, -0.25) is 9.36 Å². The zero-order valence-electron chi connectivity index (χ0n) is 15.0. The highest BCUT2D eigenvalue weighted by Crippen LogP contribution is 2.42. The van der Waals surface area contributed by atoms with Crippen LogP contribution < -0.4 is 5.56 Å². The standard InChI is InChI=1S/C19H25N3OS/c1-12-21-17-16(18(23)22(12)10-6-5-9-20)14-8-7-13(19(2,3)4)11-15(14)24-17/h13H,5-8,10-11H2,1-4H3. The summed E-state index contributed by atoms with van der Waals surface area (Å²) in [6.45, 7) is 9.39. The third-order valence-electron chi connectivity index (χ3n) is 5.25. The van der Waals surface area contributed by atoms with Crippen LogP contribution in [0, 0.1) is 29.6 Å². The predicted octanol–water partition coefficient (Wildman–Crippen LogP) is 4.22. The van der Waals surface area contributed by atoms with E-state index in [1.54, 1.807) is 15.9 Å². The molecule has 0 N–H and O–H groups in total. The SMILES string of the molecule is Cc1nc2sc3c(c2c(=O)n1CCCC#N)CCC(C(C)(C)C)C3. The number of aryl methyl sites for hydroxylation is 2. The second-order valence-corrected chi connectivity index (χ2v) is 8.95. The minimum Gasteiger partial charge on any atom is -0.296 e. The van der Waals surface area contributed by atoms with Gasteiger partial charge in [0.25, 0.3) is 5.56 Å². The van der Waals surface area contributed by atoms with Gasteiger partial charge in [-0.2, -0.15) is 5.26 Å². The van der Waals surface area contributed by atoms with Crippen molar-refractivity contribution in [1.29, 1.82) is 5.26 Å². The van der Waals surface area contributed by atoms with Crippen LogP contribution in [0.4, 0.5) is 0 Å². The van der Waals surface area contributed by atoms with Crippen LogP contribution in [-0.2, 0) is 19.4 Å². The third-order valence-corrected chi connectivity index (χ3v) is 6.40. The molecule has 0 saturated heterocycles. The smallest absolute Gasteiger partial charge is 0.262 e. The van der Waals surface area contributed by atoms with E-state index in [1.165, 1.54) is 10.4 Å². The molecule has 2 aromatic rings. The van der Waals surface area contributed by atoms with Crippen LogP contribution in [0.1, 0.15) is 56.3 Å². The zero-order chi connectivity index (χ0) is 17.5. The number of aromatic nitrogens is 2. The van der Waals surface area contributed by atoms with Crippen molar-refractivity contribution >= 4 is 21.6 Å². The van der Waals surface area contributed by atoms with E-state index < -0.39 is 0 Å². The van der Waals surface area contributed by atoms with Crippen molar-refractivity contribution < 1.29 is 0 Å². The van der Waals surface area contributed by atoms with Crippen LogP contribution in [0.5, 0.6) is 0 Å². The quantitative estimate of drug-likeness (QED) is 0.784. The first-order chi connectivity index (χ1) is 11.3. The highest BCUT2D eigenvalue weighted by atomic mass is 32.1. The van der Waals surface area contributed by atoms with Gasteiger partial charge in [-0.05, 0) is 49.5 Å². The van der Waals surface area contributed by atoms with Crippen LogP contribution in [0.15, 0.2) is 4.79 Å². The van der Waals surface area contributed by atoms with Crippen molar-refractivity contribution in [2.24, 2.45) is 11.3 Å². The third kappa shape index (κ3) is 3.00. The van der Waals surface area contributed by atoms with Crippen LogP contribution >= 0.6 is 11.3 Å². The summed E-state index contributed by atoms with van der Waals surface area (Å²) in [5.74, 6) is 1.42. The lowest BCUT2D eigenvalue weighted by molar-refractivity contribution is 0.218. The molecule has 0 radical (unpaired) electrons. The van der Waals surface area contributed by atoms with Gasteiger partial charge in [-0.25, -0.2) is 4.98 Å². The van der Waals surface area contributed by atoms with E-state index >= 15 is 0 Å². The Hall–Kier alpha value is -1.67. The van der Waals surface area contributed by atoms with Crippen molar-refractivity contribution in [2.45, 2.75) is 66.3 Å². The average Bonchev–Trinajstić information content (AvgIpc) is 2.86. The van der Waals surface area contributed by atoms with Gasteiger partial charge in [-0.15, -0.1) is 11.3 Å². The molecule has 0 spiro atoms. The van der Waals surface area contributed by atoms with Gasteiger partial charge in [0, 0.05) is 17.8 Å². The van der Waals surface area contributed by atoms with Crippen LogP contribution in [0.25, 0.3) is 10.2 Å². The van der Waals surface area contributed by atoms with E-state index in [0.29, 0.717) is 30.7 Å². The van der Waals surface area contributed by atoms with Gasteiger partial charge >= 0.3 is 0 Å². The van der Waals surface area contributed by atoms with E-state index in [0.717, 1.165) is 35.3 Å². The fourth-order valence-corrected chi connectivity index (χ4v) is 5.01. The molecule has 1 unspecified atom stereocenters. The molecule has 1 atom stereocenters. The molecule has 128 valence electrons. The number of nitrogens with zero attached hydrogens (tertiary/aromatic N) is 3. The van der Waals surface area contributed by atoms with E-state index in [-0.39, 0.29) is 5.56 Å². The number of thiophene rings is 1. The van der Waals surface area contributed by atoms with Gasteiger partial charge < -0.3 is 0 Å². The predicted molar refractivity (Wildman–Crippen MR) is 98.4 cm³/mol. The molecule has 3 rings (SSSR count). The second-order valence-electron chi connectivity index (χ2n) is 7.87. The zero-order valence-corrected chi connectivity index (χ0v) is 15.8. The summed E-state index contributed by atoms with van der Waals surface area (Å²) >= 11 is 1.71. The molecule has 24 heavy (non-hydrogen) atoms. The Kier molecular flexibility index (Phi) is 4.52. The van der Waals surface area contributed by atoms with Crippen LogP contribution in [0.2, 0.25) is 0 Å². The molecule has 0 amide bonds. The molecule has 0 aliphatic heterocycles. The second kappa shape index (κ2) is 6.33. The van der Waals surface area contributed by atoms with Crippen molar-refractivity contribution in [3.63, 3.8) is 0 Å². The van der Waals surface area contributed by atoms with Crippen molar-refractivity contribution in [3.8, 4) is 6.07 Å². The van der Waals surface area contributed by atoms with Crippen LogP contribution in [-0.4, -0.2) is 9.55 Å². The summed E-state index contributed by atoms with van der Waals surface area (Å²) in [5, 5.41) is 9.56. The van der Waals surface area contributed by atoms with Gasteiger partial charge in [0.2, 0.25) is 0 Å². The van der Waals surface area contributed by atoms with E-state index in [9.17, 15) is 4.79 Å². The minimum atomic E-state index is 0.0853. The first-order valence-electron chi connectivity index (χ1n) is 8.71. The molecule has 0 bridgehead atoms. The fourth-order valence-electron chi connectivity index (χ4n) is 3.68. The normalized spacial score (nSPS) is 17.7. The average molecular weight is 343 g/mol. The maximum Gasteiger partial charge on any atom is 0.262 e. The molecule has 0 fully saturated rings. The topological polar surface area (TPSA) is 58.7 Å². The fraction of sp³-hybridized carbons (Fsp3) is 0.632. The summed E-state index contributed by atoms with van der Waals surface area (Å²) in [5.41, 5.74) is 1.62. The highest BCUT2D eigenvalue weighted by Gasteiger charge is 2.31. The first-order valence-corrected chi connectivity index (χ1v) is 9.53. The summed E-state index contributed by atoms with van der Waals surface area (Å²) in [4.78, 5) is 20.0. The number of nitriles is 1. The number of fused-ring (bicyclic) bond motifs is 3. The molecular formula is C19H25N3OS. The van der Waals surface area contributed by atoms with Gasteiger partial charge in [0.05, 0.1) is 11.5 Å². The number of hydrogen-bond donors (Lipinski definition) is 0. The number of unbranched alkanes of at least 4 members (excludes halogenated alkanes) is 1. The maximum absolute atomic E-state index is 13.0. The van der Waals surface area contributed by atoms with Gasteiger partial charge in [0.15, 0.2) is 0 Å². The molecule has 1 aliphatic carbocycles. The summed E-state index contributed by atoms with van der Waals surface area (Å²) in [7, 11) is 0. The van der Waals surface area contributed by atoms with E-state index in [1.807, 2.05) is 6.92 Å². The van der Waals surface area contributed by atoms with Crippen molar-refractivity contribution in [1.82, 2.24) is 9.55 Å². The Morgan fingerprint density at radius 1 is 1.42 bits per heavy atom. The largest absolute Gasteiger partial charge is 0.296 e. The Labute approximate surface area is 147 Å². The molecule has 2 aromatic heterocycles. The van der Waals surface area contributed by atoms with Crippen LogP contribution in [0.3, 0.4) is 0 Å². The van der Waals surface area contributed by atoms with E-state index in [2.05, 4.69) is 26.8 Å². The lowest BCUT2D eigenvalue weighted by atomic mass is 9.72. The summed E-state index contributed by atoms with van der Waals surface area (Å²) < 4.78 is 1.75. The van der Waals surface area contributed by atoms with Gasteiger partial charge in [0.1, 0.15) is 10.7 Å². The molecular weight excluding hydrogens is 318 g/mol. The number of hydrogen-bond acceptors (Lipinski definition) is 4. The lowest BCUT2D eigenvalue weighted by Gasteiger charge is -2.33. The maximum atomic E-state index is 13.0. The van der Waals surface area contributed by atoms with Crippen molar-refractivity contribution in [2.75, 3.05) is 0 Å². The minimum absolute atomic E-state index is 0.0853. The molecule has 0 aromatic carbocycles. The lowest BCUT2D eigenvalue weighted by Crippen LogP contribution is -2.27.